The van der Waals surface area contributed by atoms with E-state index in [0.29, 0.717) is 21.6 Å². The first-order valence-electron chi connectivity index (χ1n) is 9.89. The zero-order valence-corrected chi connectivity index (χ0v) is 18.5. The Kier molecular flexibility index (Phi) is 6.50. The molecule has 4 aromatic rings. The smallest absolute Gasteiger partial charge is 0.243 e. The van der Waals surface area contributed by atoms with Crippen LogP contribution in [0.5, 0.6) is 0 Å². The van der Waals surface area contributed by atoms with Crippen LogP contribution in [-0.4, -0.2) is 25.4 Å². The SMILES string of the molecule is O=C(Nc1cccc(Cl)c1)C(Cc1ccccc1)NS(=O)(=O)c1cccc2cccnc12. The van der Waals surface area contributed by atoms with Crippen LogP contribution in [0.4, 0.5) is 5.69 Å². The summed E-state index contributed by atoms with van der Waals surface area (Å²) in [4.78, 5) is 17.3. The number of para-hydroxylation sites is 1. The van der Waals surface area contributed by atoms with Crippen molar-refractivity contribution in [3.05, 3.63) is 102 Å². The molecule has 6 nitrogen and oxygen atoms in total. The van der Waals surface area contributed by atoms with E-state index in [4.69, 9.17) is 11.6 Å². The highest BCUT2D eigenvalue weighted by atomic mass is 35.5. The lowest BCUT2D eigenvalue weighted by molar-refractivity contribution is -0.117. The van der Waals surface area contributed by atoms with Gasteiger partial charge in [-0.05, 0) is 42.3 Å². The third-order valence-electron chi connectivity index (χ3n) is 4.87. The van der Waals surface area contributed by atoms with Crippen LogP contribution in [0.1, 0.15) is 5.56 Å². The second-order valence-electron chi connectivity index (χ2n) is 7.19. The van der Waals surface area contributed by atoms with Crippen molar-refractivity contribution >= 4 is 44.1 Å². The Bertz CT molecular complexity index is 1360. The molecule has 1 atom stereocenters. The average molecular weight is 466 g/mol. The maximum absolute atomic E-state index is 13.3. The summed E-state index contributed by atoms with van der Waals surface area (Å²) in [6.07, 6.45) is 1.71. The van der Waals surface area contributed by atoms with Gasteiger partial charge in [0.15, 0.2) is 0 Å². The van der Waals surface area contributed by atoms with Crippen LogP contribution in [0.15, 0.2) is 96.0 Å². The molecule has 162 valence electrons. The monoisotopic (exact) mass is 465 g/mol. The van der Waals surface area contributed by atoms with Crippen LogP contribution >= 0.6 is 11.6 Å². The summed E-state index contributed by atoms with van der Waals surface area (Å²) in [5.41, 5.74) is 1.64. The van der Waals surface area contributed by atoms with Gasteiger partial charge in [0.2, 0.25) is 15.9 Å². The predicted octanol–water partition coefficient (Wildman–Crippen LogP) is 4.42. The molecule has 1 unspecified atom stereocenters. The third-order valence-corrected chi connectivity index (χ3v) is 6.61. The highest BCUT2D eigenvalue weighted by Crippen LogP contribution is 2.22. The fourth-order valence-corrected chi connectivity index (χ4v) is 4.94. The lowest BCUT2D eigenvalue weighted by Crippen LogP contribution is -2.45. The molecule has 0 saturated carbocycles. The van der Waals surface area contributed by atoms with E-state index in [1.807, 2.05) is 30.3 Å². The Morgan fingerprint density at radius 2 is 1.69 bits per heavy atom. The number of benzene rings is 3. The number of rotatable bonds is 7. The summed E-state index contributed by atoms with van der Waals surface area (Å²) in [5, 5.41) is 3.90. The molecule has 8 heteroatoms. The first kappa shape index (κ1) is 22.0. The number of hydrogen-bond donors (Lipinski definition) is 2. The van der Waals surface area contributed by atoms with Gasteiger partial charge in [0.05, 0.1) is 5.52 Å². The minimum atomic E-state index is -4.05. The highest BCUT2D eigenvalue weighted by Gasteiger charge is 2.27. The van der Waals surface area contributed by atoms with Gasteiger partial charge in [-0.1, -0.05) is 66.2 Å². The number of nitrogens with zero attached hydrogens (tertiary/aromatic N) is 1. The number of carbonyl (C=O) groups excluding carboxylic acids is 1. The molecule has 1 amide bonds. The van der Waals surface area contributed by atoms with Gasteiger partial charge in [-0.25, -0.2) is 8.42 Å². The van der Waals surface area contributed by atoms with Gasteiger partial charge in [0, 0.05) is 22.3 Å². The molecule has 0 aliphatic rings. The molecule has 4 rings (SSSR count). The fraction of sp³-hybridized carbons (Fsp3) is 0.0833. The molecular weight excluding hydrogens is 446 g/mol. The molecule has 32 heavy (non-hydrogen) atoms. The lowest BCUT2D eigenvalue weighted by Gasteiger charge is -2.19. The van der Waals surface area contributed by atoms with Crippen LogP contribution in [0.2, 0.25) is 5.02 Å². The summed E-state index contributed by atoms with van der Waals surface area (Å²) < 4.78 is 29.2. The van der Waals surface area contributed by atoms with Gasteiger partial charge in [-0.15, -0.1) is 0 Å². The van der Waals surface area contributed by atoms with Gasteiger partial charge in [0.1, 0.15) is 10.9 Å². The molecule has 1 aromatic heterocycles. The van der Waals surface area contributed by atoms with Crippen molar-refractivity contribution in [1.82, 2.24) is 9.71 Å². The Morgan fingerprint density at radius 3 is 2.47 bits per heavy atom. The molecule has 0 bridgehead atoms. The van der Waals surface area contributed by atoms with Crippen molar-refractivity contribution in [1.29, 1.82) is 0 Å². The van der Waals surface area contributed by atoms with Crippen molar-refractivity contribution in [3.63, 3.8) is 0 Å². The van der Waals surface area contributed by atoms with Crippen LogP contribution in [0.3, 0.4) is 0 Å². The fourth-order valence-electron chi connectivity index (χ4n) is 3.38. The first-order chi connectivity index (χ1) is 15.4. The summed E-state index contributed by atoms with van der Waals surface area (Å²) in [7, 11) is -4.05. The normalized spacial score (nSPS) is 12.4. The molecule has 0 saturated heterocycles. The van der Waals surface area contributed by atoms with Crippen molar-refractivity contribution in [3.8, 4) is 0 Å². The van der Waals surface area contributed by atoms with E-state index in [9.17, 15) is 13.2 Å². The van der Waals surface area contributed by atoms with Crippen LogP contribution in [0, 0.1) is 0 Å². The van der Waals surface area contributed by atoms with E-state index in [1.165, 1.54) is 12.3 Å². The Labute approximate surface area is 191 Å². The van der Waals surface area contributed by atoms with E-state index in [0.717, 1.165) is 5.56 Å². The number of carbonyl (C=O) groups is 1. The van der Waals surface area contributed by atoms with Crippen molar-refractivity contribution < 1.29 is 13.2 Å². The highest BCUT2D eigenvalue weighted by molar-refractivity contribution is 7.89. The minimum Gasteiger partial charge on any atom is -0.325 e. The molecule has 0 aliphatic heterocycles. The largest absolute Gasteiger partial charge is 0.325 e. The van der Waals surface area contributed by atoms with Crippen LogP contribution in [-0.2, 0) is 21.2 Å². The summed E-state index contributed by atoms with van der Waals surface area (Å²) in [6.45, 7) is 0. The summed E-state index contributed by atoms with van der Waals surface area (Å²) >= 11 is 6.01. The van der Waals surface area contributed by atoms with Crippen molar-refractivity contribution in [2.75, 3.05) is 5.32 Å². The molecule has 0 spiro atoms. The molecule has 2 N–H and O–H groups in total. The van der Waals surface area contributed by atoms with Crippen LogP contribution < -0.4 is 10.0 Å². The second-order valence-corrected chi connectivity index (χ2v) is 9.31. The molecule has 1 heterocycles. The van der Waals surface area contributed by atoms with E-state index in [1.54, 1.807) is 48.5 Å². The molecule has 0 aliphatic carbocycles. The average Bonchev–Trinajstić information content (AvgIpc) is 2.79. The summed E-state index contributed by atoms with van der Waals surface area (Å²) in [5.74, 6) is -0.493. The topological polar surface area (TPSA) is 88.2 Å². The zero-order chi connectivity index (χ0) is 22.6. The minimum absolute atomic E-state index is 0.0178. The van der Waals surface area contributed by atoms with E-state index >= 15 is 0 Å². The number of pyridine rings is 1. The molecule has 0 fully saturated rings. The van der Waals surface area contributed by atoms with Gasteiger partial charge < -0.3 is 5.32 Å². The number of fused-ring (bicyclic) bond motifs is 1. The number of halogens is 1. The quantitative estimate of drug-likeness (QED) is 0.423. The third kappa shape index (κ3) is 5.13. The first-order valence-corrected chi connectivity index (χ1v) is 11.7. The number of hydrogen-bond acceptors (Lipinski definition) is 4. The Balaban J connectivity index is 1.66. The van der Waals surface area contributed by atoms with E-state index < -0.39 is 22.0 Å². The molecule has 0 radical (unpaired) electrons. The van der Waals surface area contributed by atoms with Gasteiger partial charge >= 0.3 is 0 Å². The van der Waals surface area contributed by atoms with Gasteiger partial charge in [0.25, 0.3) is 0 Å². The number of nitrogens with one attached hydrogen (secondary N) is 2. The number of amides is 1. The maximum Gasteiger partial charge on any atom is 0.243 e. The van der Waals surface area contributed by atoms with Crippen LogP contribution in [0.25, 0.3) is 10.9 Å². The van der Waals surface area contributed by atoms with Gasteiger partial charge in [-0.3, -0.25) is 9.78 Å². The standard InChI is InChI=1S/C24H20ClN3O3S/c25-19-11-5-12-20(16-19)27-24(29)21(15-17-7-2-1-3-8-17)28-32(30,31)22-13-4-9-18-10-6-14-26-23(18)22/h1-14,16,21,28H,15H2,(H,27,29). The molecule has 3 aromatic carbocycles. The number of aromatic nitrogens is 1. The van der Waals surface area contributed by atoms with Crippen molar-refractivity contribution in [2.24, 2.45) is 0 Å². The van der Waals surface area contributed by atoms with E-state index in [2.05, 4.69) is 15.0 Å². The number of anilines is 1. The van der Waals surface area contributed by atoms with E-state index in [-0.39, 0.29) is 11.3 Å². The maximum atomic E-state index is 13.3. The Morgan fingerprint density at radius 1 is 0.938 bits per heavy atom. The summed E-state index contributed by atoms with van der Waals surface area (Å²) in [6, 6.07) is 23.3. The Hall–Kier alpha value is -3.26. The molecular formula is C24H20ClN3O3S. The van der Waals surface area contributed by atoms with Gasteiger partial charge in [-0.2, -0.15) is 4.72 Å². The second kappa shape index (κ2) is 9.48. The number of sulfonamides is 1. The van der Waals surface area contributed by atoms with Crippen molar-refractivity contribution in [2.45, 2.75) is 17.4 Å². The lowest BCUT2D eigenvalue weighted by atomic mass is 10.1. The zero-order valence-electron chi connectivity index (χ0n) is 16.9. The predicted molar refractivity (Wildman–Crippen MR) is 126 cm³/mol.